The Morgan fingerprint density at radius 3 is 2.65 bits per heavy atom. The fourth-order valence-corrected chi connectivity index (χ4v) is 2.95. The number of pyridine rings is 1. The van der Waals surface area contributed by atoms with E-state index in [-0.39, 0.29) is 5.91 Å². The molecule has 0 saturated heterocycles. The molecule has 5 heteroatoms. The van der Waals surface area contributed by atoms with Crippen molar-refractivity contribution in [3.8, 4) is 11.3 Å². The summed E-state index contributed by atoms with van der Waals surface area (Å²) >= 11 is 0. The number of carbonyl (C=O) groups excluding carboxylic acids is 1. The minimum atomic E-state index is -0.0969. The first-order valence-corrected chi connectivity index (χ1v) is 8.52. The first-order valence-electron chi connectivity index (χ1n) is 8.52. The maximum atomic E-state index is 12.8. The minimum absolute atomic E-state index is 0.0969. The average Bonchev–Trinajstić information content (AvgIpc) is 3.21. The largest absolute Gasteiger partial charge is 0.352 e. The first kappa shape index (κ1) is 16.0. The molecule has 0 atom stereocenters. The molecule has 26 heavy (non-hydrogen) atoms. The topological polar surface area (TPSA) is 70.7 Å². The van der Waals surface area contributed by atoms with Gasteiger partial charge in [0.25, 0.3) is 5.91 Å². The van der Waals surface area contributed by atoms with Crippen LogP contribution in [-0.4, -0.2) is 27.4 Å². The Labute approximate surface area is 151 Å². The Morgan fingerprint density at radius 2 is 1.85 bits per heavy atom. The fourth-order valence-electron chi connectivity index (χ4n) is 2.95. The number of H-pyrrole nitrogens is 1. The van der Waals surface area contributed by atoms with Crippen molar-refractivity contribution < 1.29 is 4.79 Å². The molecule has 5 nitrogen and oxygen atoms in total. The van der Waals surface area contributed by atoms with E-state index < -0.39 is 0 Å². The zero-order valence-electron chi connectivity index (χ0n) is 14.1. The minimum Gasteiger partial charge on any atom is -0.352 e. The van der Waals surface area contributed by atoms with Crippen LogP contribution in [0.1, 0.15) is 16.1 Å². The SMILES string of the molecule is O=C(NCCc1cnc[nH]1)c1cc(-c2ccccc2)nc2ccccc12. The number of nitrogens with zero attached hydrogens (tertiary/aromatic N) is 2. The molecule has 1 amide bonds. The van der Waals surface area contributed by atoms with Crippen molar-refractivity contribution in [1.82, 2.24) is 20.3 Å². The number of nitrogens with one attached hydrogen (secondary N) is 2. The number of hydrogen-bond acceptors (Lipinski definition) is 3. The highest BCUT2D eigenvalue weighted by atomic mass is 16.1. The second-order valence-corrected chi connectivity index (χ2v) is 6.02. The number of para-hydroxylation sites is 1. The van der Waals surface area contributed by atoms with Gasteiger partial charge in [0, 0.05) is 35.8 Å². The molecule has 2 aromatic carbocycles. The first-order chi connectivity index (χ1) is 12.8. The third-order valence-electron chi connectivity index (χ3n) is 4.27. The monoisotopic (exact) mass is 342 g/mol. The van der Waals surface area contributed by atoms with Crippen LogP contribution in [0.3, 0.4) is 0 Å². The third-order valence-corrected chi connectivity index (χ3v) is 4.27. The van der Waals surface area contributed by atoms with Crippen molar-refractivity contribution in [3.05, 3.63) is 84.4 Å². The number of benzene rings is 2. The van der Waals surface area contributed by atoms with Crippen molar-refractivity contribution in [2.45, 2.75) is 6.42 Å². The Morgan fingerprint density at radius 1 is 1.04 bits per heavy atom. The van der Waals surface area contributed by atoms with E-state index in [0.29, 0.717) is 18.5 Å². The van der Waals surface area contributed by atoms with Crippen LogP contribution in [0, 0.1) is 0 Å². The second kappa shape index (κ2) is 7.19. The molecule has 0 fully saturated rings. The summed E-state index contributed by atoms with van der Waals surface area (Å²) in [5.74, 6) is -0.0969. The molecule has 0 aliphatic carbocycles. The standard InChI is InChI=1S/C21H18N4O/c26-21(23-11-10-16-13-22-14-24-16)18-12-20(15-6-2-1-3-7-15)25-19-9-5-4-8-17(18)19/h1-9,12-14H,10-11H2,(H,22,24)(H,23,26). The number of amides is 1. The number of imidazole rings is 1. The summed E-state index contributed by atoms with van der Waals surface area (Å²) in [6.45, 7) is 0.540. The van der Waals surface area contributed by atoms with Gasteiger partial charge in [0.05, 0.1) is 23.1 Å². The van der Waals surface area contributed by atoms with Gasteiger partial charge >= 0.3 is 0 Å². The van der Waals surface area contributed by atoms with Crippen LogP contribution in [0.15, 0.2) is 73.2 Å². The van der Waals surface area contributed by atoms with E-state index in [9.17, 15) is 4.79 Å². The normalized spacial score (nSPS) is 10.8. The van der Waals surface area contributed by atoms with E-state index in [0.717, 1.165) is 27.9 Å². The van der Waals surface area contributed by atoms with Crippen LogP contribution in [0.25, 0.3) is 22.2 Å². The van der Waals surface area contributed by atoms with Crippen molar-refractivity contribution >= 4 is 16.8 Å². The molecule has 2 heterocycles. The van der Waals surface area contributed by atoms with Gasteiger partial charge in [0.1, 0.15) is 0 Å². The molecule has 0 unspecified atom stereocenters. The fraction of sp³-hybridized carbons (Fsp3) is 0.0952. The summed E-state index contributed by atoms with van der Waals surface area (Å²) in [6.07, 6.45) is 4.11. The maximum absolute atomic E-state index is 12.8. The van der Waals surface area contributed by atoms with Crippen LogP contribution in [0.2, 0.25) is 0 Å². The van der Waals surface area contributed by atoms with Gasteiger partial charge in [0.2, 0.25) is 0 Å². The molecule has 0 radical (unpaired) electrons. The smallest absolute Gasteiger partial charge is 0.252 e. The van der Waals surface area contributed by atoms with E-state index in [1.54, 1.807) is 12.5 Å². The molecule has 2 aromatic heterocycles. The lowest BCUT2D eigenvalue weighted by Gasteiger charge is -2.10. The van der Waals surface area contributed by atoms with Gasteiger partial charge in [-0.3, -0.25) is 4.79 Å². The van der Waals surface area contributed by atoms with Crippen molar-refractivity contribution in [1.29, 1.82) is 0 Å². The predicted molar refractivity (Wildman–Crippen MR) is 102 cm³/mol. The molecule has 4 rings (SSSR count). The lowest BCUT2D eigenvalue weighted by Crippen LogP contribution is -2.26. The Kier molecular flexibility index (Phi) is 4.43. The molecular formula is C21H18N4O. The van der Waals surface area contributed by atoms with Crippen molar-refractivity contribution in [3.63, 3.8) is 0 Å². The number of aromatic nitrogens is 3. The molecule has 2 N–H and O–H groups in total. The van der Waals surface area contributed by atoms with Gasteiger partial charge in [-0.15, -0.1) is 0 Å². The number of rotatable bonds is 5. The van der Waals surface area contributed by atoms with Crippen LogP contribution in [0.5, 0.6) is 0 Å². The van der Waals surface area contributed by atoms with Crippen LogP contribution >= 0.6 is 0 Å². The number of hydrogen-bond donors (Lipinski definition) is 2. The molecular weight excluding hydrogens is 324 g/mol. The lowest BCUT2D eigenvalue weighted by molar-refractivity contribution is 0.0955. The Bertz CT molecular complexity index is 1030. The van der Waals surface area contributed by atoms with E-state index >= 15 is 0 Å². The molecule has 0 saturated carbocycles. The molecule has 0 bridgehead atoms. The summed E-state index contributed by atoms with van der Waals surface area (Å²) in [5.41, 5.74) is 4.23. The van der Waals surface area contributed by atoms with E-state index in [1.807, 2.05) is 60.7 Å². The van der Waals surface area contributed by atoms with Gasteiger partial charge in [-0.05, 0) is 12.1 Å². The van der Waals surface area contributed by atoms with Crippen LogP contribution in [-0.2, 0) is 6.42 Å². The molecule has 0 spiro atoms. The highest BCUT2D eigenvalue weighted by molar-refractivity contribution is 6.07. The summed E-state index contributed by atoms with van der Waals surface area (Å²) in [4.78, 5) is 24.5. The van der Waals surface area contributed by atoms with Gasteiger partial charge in [-0.25, -0.2) is 9.97 Å². The summed E-state index contributed by atoms with van der Waals surface area (Å²) in [7, 11) is 0. The number of aromatic amines is 1. The predicted octanol–water partition coefficient (Wildman–Crippen LogP) is 3.60. The van der Waals surface area contributed by atoms with Gasteiger partial charge in [-0.1, -0.05) is 48.5 Å². The number of fused-ring (bicyclic) bond motifs is 1. The summed E-state index contributed by atoms with van der Waals surface area (Å²) in [6, 6.07) is 19.5. The zero-order valence-corrected chi connectivity index (χ0v) is 14.1. The van der Waals surface area contributed by atoms with Gasteiger partial charge in [-0.2, -0.15) is 0 Å². The van der Waals surface area contributed by atoms with Crippen molar-refractivity contribution in [2.24, 2.45) is 0 Å². The maximum Gasteiger partial charge on any atom is 0.252 e. The number of carbonyl (C=O) groups is 1. The molecule has 0 aliphatic heterocycles. The quantitative estimate of drug-likeness (QED) is 0.582. The highest BCUT2D eigenvalue weighted by Gasteiger charge is 2.13. The summed E-state index contributed by atoms with van der Waals surface area (Å²) < 4.78 is 0. The Hall–Kier alpha value is -3.47. The third kappa shape index (κ3) is 3.32. The lowest BCUT2D eigenvalue weighted by atomic mass is 10.0. The van der Waals surface area contributed by atoms with Crippen LogP contribution in [0.4, 0.5) is 0 Å². The summed E-state index contributed by atoms with van der Waals surface area (Å²) in [5, 5.41) is 3.85. The van der Waals surface area contributed by atoms with Crippen molar-refractivity contribution in [2.75, 3.05) is 6.54 Å². The Balaban J connectivity index is 1.65. The van der Waals surface area contributed by atoms with Crippen LogP contribution < -0.4 is 5.32 Å². The van der Waals surface area contributed by atoms with Gasteiger partial charge in [0.15, 0.2) is 0 Å². The average molecular weight is 342 g/mol. The van der Waals surface area contributed by atoms with E-state index in [2.05, 4.69) is 15.3 Å². The van der Waals surface area contributed by atoms with Gasteiger partial charge < -0.3 is 10.3 Å². The molecule has 0 aliphatic rings. The van der Waals surface area contributed by atoms with E-state index in [1.165, 1.54) is 0 Å². The zero-order chi connectivity index (χ0) is 17.8. The molecule has 4 aromatic rings. The van der Waals surface area contributed by atoms with E-state index in [4.69, 9.17) is 4.98 Å². The second-order valence-electron chi connectivity index (χ2n) is 6.02. The molecule has 128 valence electrons. The highest BCUT2D eigenvalue weighted by Crippen LogP contribution is 2.24.